The SMILES string of the molecule is CSc1ccc(C(O)c2cccc(Cl)c2Cl)cc1. The summed E-state index contributed by atoms with van der Waals surface area (Å²) < 4.78 is 0. The highest BCUT2D eigenvalue weighted by Gasteiger charge is 2.15. The molecule has 0 aliphatic heterocycles. The molecule has 0 saturated carbocycles. The van der Waals surface area contributed by atoms with E-state index in [4.69, 9.17) is 23.2 Å². The first-order valence-electron chi connectivity index (χ1n) is 5.39. The lowest BCUT2D eigenvalue weighted by Crippen LogP contribution is -2.00. The van der Waals surface area contributed by atoms with Gasteiger partial charge in [0, 0.05) is 10.5 Å². The average molecular weight is 299 g/mol. The number of thioether (sulfide) groups is 1. The Labute approximate surface area is 121 Å². The van der Waals surface area contributed by atoms with Gasteiger partial charge in [-0.1, -0.05) is 47.5 Å². The minimum Gasteiger partial charge on any atom is -0.384 e. The van der Waals surface area contributed by atoms with Crippen molar-refractivity contribution in [3.63, 3.8) is 0 Å². The van der Waals surface area contributed by atoms with Crippen LogP contribution < -0.4 is 0 Å². The largest absolute Gasteiger partial charge is 0.384 e. The highest BCUT2D eigenvalue weighted by Crippen LogP contribution is 2.33. The molecular weight excluding hydrogens is 287 g/mol. The van der Waals surface area contributed by atoms with Gasteiger partial charge in [-0.3, -0.25) is 0 Å². The van der Waals surface area contributed by atoms with Crippen molar-refractivity contribution in [3.05, 3.63) is 63.6 Å². The second-order valence-corrected chi connectivity index (χ2v) is 5.48. The number of rotatable bonds is 3. The van der Waals surface area contributed by atoms with Crippen molar-refractivity contribution in [2.24, 2.45) is 0 Å². The molecule has 1 N–H and O–H groups in total. The van der Waals surface area contributed by atoms with Crippen LogP contribution in [0.3, 0.4) is 0 Å². The summed E-state index contributed by atoms with van der Waals surface area (Å²) in [5, 5.41) is 11.2. The Bertz CT molecular complexity index is 540. The van der Waals surface area contributed by atoms with Gasteiger partial charge in [-0.15, -0.1) is 11.8 Å². The Balaban J connectivity index is 2.35. The third-order valence-corrected chi connectivity index (χ3v) is 4.28. The topological polar surface area (TPSA) is 20.2 Å². The van der Waals surface area contributed by atoms with Gasteiger partial charge in [-0.25, -0.2) is 0 Å². The predicted octanol–water partition coefficient (Wildman–Crippen LogP) is 4.80. The third kappa shape index (κ3) is 2.83. The van der Waals surface area contributed by atoms with Crippen molar-refractivity contribution in [1.82, 2.24) is 0 Å². The van der Waals surface area contributed by atoms with Crippen molar-refractivity contribution in [2.75, 3.05) is 6.26 Å². The molecule has 0 aromatic heterocycles. The number of aliphatic hydroxyl groups excluding tert-OH is 1. The first-order valence-corrected chi connectivity index (χ1v) is 7.37. The lowest BCUT2D eigenvalue weighted by Gasteiger charge is -2.14. The van der Waals surface area contributed by atoms with Crippen LogP contribution in [0.15, 0.2) is 47.4 Å². The van der Waals surface area contributed by atoms with Gasteiger partial charge >= 0.3 is 0 Å². The van der Waals surface area contributed by atoms with E-state index in [1.807, 2.05) is 30.5 Å². The van der Waals surface area contributed by atoms with Crippen LogP contribution in [0.5, 0.6) is 0 Å². The molecule has 94 valence electrons. The molecule has 0 saturated heterocycles. The van der Waals surface area contributed by atoms with Crippen molar-refractivity contribution in [3.8, 4) is 0 Å². The minimum atomic E-state index is -0.757. The van der Waals surface area contributed by atoms with Crippen molar-refractivity contribution < 1.29 is 5.11 Å². The van der Waals surface area contributed by atoms with Gasteiger partial charge in [-0.05, 0) is 30.0 Å². The molecule has 0 bridgehead atoms. The lowest BCUT2D eigenvalue weighted by atomic mass is 10.0. The lowest BCUT2D eigenvalue weighted by molar-refractivity contribution is 0.220. The Morgan fingerprint density at radius 3 is 2.33 bits per heavy atom. The van der Waals surface area contributed by atoms with E-state index in [-0.39, 0.29) is 0 Å². The first kappa shape index (κ1) is 13.8. The maximum absolute atomic E-state index is 10.3. The summed E-state index contributed by atoms with van der Waals surface area (Å²) in [5.41, 5.74) is 1.43. The Kier molecular flexibility index (Phi) is 4.57. The molecule has 0 heterocycles. The van der Waals surface area contributed by atoms with Gasteiger partial charge in [0.15, 0.2) is 0 Å². The Morgan fingerprint density at radius 1 is 1.06 bits per heavy atom. The molecule has 2 rings (SSSR count). The van der Waals surface area contributed by atoms with E-state index >= 15 is 0 Å². The number of halogens is 2. The van der Waals surface area contributed by atoms with E-state index in [0.717, 1.165) is 10.5 Å². The fourth-order valence-corrected chi connectivity index (χ4v) is 2.52. The van der Waals surface area contributed by atoms with Crippen molar-refractivity contribution in [2.45, 2.75) is 11.0 Å². The Morgan fingerprint density at radius 2 is 1.72 bits per heavy atom. The van der Waals surface area contributed by atoms with Crippen molar-refractivity contribution >= 4 is 35.0 Å². The highest BCUT2D eigenvalue weighted by molar-refractivity contribution is 7.98. The van der Waals surface area contributed by atoms with Crippen LogP contribution in [0.2, 0.25) is 10.0 Å². The number of hydrogen-bond donors (Lipinski definition) is 1. The predicted molar refractivity (Wildman–Crippen MR) is 78.7 cm³/mol. The maximum atomic E-state index is 10.3. The highest BCUT2D eigenvalue weighted by atomic mass is 35.5. The van der Waals surface area contributed by atoms with Crippen LogP contribution in [0.4, 0.5) is 0 Å². The average Bonchev–Trinajstić information content (AvgIpc) is 2.41. The van der Waals surface area contributed by atoms with Gasteiger partial charge in [-0.2, -0.15) is 0 Å². The summed E-state index contributed by atoms with van der Waals surface area (Å²) in [6, 6.07) is 13.0. The van der Waals surface area contributed by atoms with Crippen LogP contribution in [0.1, 0.15) is 17.2 Å². The molecule has 0 radical (unpaired) electrons. The summed E-state index contributed by atoms with van der Waals surface area (Å²) in [4.78, 5) is 1.16. The summed E-state index contributed by atoms with van der Waals surface area (Å²) in [6.07, 6.45) is 1.26. The molecule has 18 heavy (non-hydrogen) atoms. The molecule has 1 nitrogen and oxygen atoms in total. The minimum absolute atomic E-state index is 0.403. The van der Waals surface area contributed by atoms with Crippen LogP contribution >= 0.6 is 35.0 Å². The number of hydrogen-bond acceptors (Lipinski definition) is 2. The Hall–Kier alpha value is -0.670. The van der Waals surface area contributed by atoms with Crippen LogP contribution in [0, 0.1) is 0 Å². The fraction of sp³-hybridized carbons (Fsp3) is 0.143. The molecule has 0 aliphatic carbocycles. The molecule has 1 unspecified atom stereocenters. The monoisotopic (exact) mass is 298 g/mol. The molecule has 2 aromatic carbocycles. The zero-order valence-electron chi connectivity index (χ0n) is 9.73. The van der Waals surface area contributed by atoms with Crippen LogP contribution in [0.25, 0.3) is 0 Å². The number of aliphatic hydroxyl groups is 1. The van der Waals surface area contributed by atoms with Gasteiger partial charge in [0.2, 0.25) is 0 Å². The van der Waals surface area contributed by atoms with Gasteiger partial charge in [0.05, 0.1) is 10.0 Å². The number of benzene rings is 2. The summed E-state index contributed by atoms with van der Waals surface area (Å²) >= 11 is 13.7. The zero-order valence-corrected chi connectivity index (χ0v) is 12.1. The van der Waals surface area contributed by atoms with Crippen LogP contribution in [-0.2, 0) is 0 Å². The van der Waals surface area contributed by atoms with E-state index < -0.39 is 6.10 Å². The smallest absolute Gasteiger partial charge is 0.106 e. The molecular formula is C14H12Cl2OS. The van der Waals surface area contributed by atoms with E-state index in [2.05, 4.69) is 0 Å². The van der Waals surface area contributed by atoms with E-state index in [1.54, 1.807) is 30.0 Å². The van der Waals surface area contributed by atoms with Gasteiger partial charge in [0.25, 0.3) is 0 Å². The summed E-state index contributed by atoms with van der Waals surface area (Å²) in [5.74, 6) is 0. The van der Waals surface area contributed by atoms with Gasteiger partial charge < -0.3 is 5.11 Å². The van der Waals surface area contributed by atoms with Gasteiger partial charge in [0.1, 0.15) is 6.10 Å². The second-order valence-electron chi connectivity index (χ2n) is 3.82. The normalized spacial score (nSPS) is 12.4. The zero-order chi connectivity index (χ0) is 13.1. The molecule has 0 aliphatic rings. The van der Waals surface area contributed by atoms with Crippen LogP contribution in [-0.4, -0.2) is 11.4 Å². The molecule has 2 aromatic rings. The van der Waals surface area contributed by atoms with E-state index in [1.165, 1.54) is 0 Å². The first-order chi connectivity index (χ1) is 8.63. The summed E-state index contributed by atoms with van der Waals surface area (Å²) in [6.45, 7) is 0. The maximum Gasteiger partial charge on any atom is 0.106 e. The van der Waals surface area contributed by atoms with E-state index in [9.17, 15) is 5.11 Å². The van der Waals surface area contributed by atoms with E-state index in [0.29, 0.717) is 15.6 Å². The molecule has 0 fully saturated rings. The summed E-state index contributed by atoms with van der Waals surface area (Å²) in [7, 11) is 0. The molecule has 0 amide bonds. The van der Waals surface area contributed by atoms with Crippen molar-refractivity contribution in [1.29, 1.82) is 0 Å². The quantitative estimate of drug-likeness (QED) is 0.822. The molecule has 0 spiro atoms. The standard InChI is InChI=1S/C14H12Cl2OS/c1-18-10-7-5-9(6-8-10)14(17)11-3-2-4-12(15)13(11)16/h2-8,14,17H,1H3. The molecule has 1 atom stereocenters. The fourth-order valence-electron chi connectivity index (χ4n) is 1.70. The third-order valence-electron chi connectivity index (χ3n) is 2.71. The molecule has 4 heteroatoms. The second kappa shape index (κ2) is 5.98.